The lowest BCUT2D eigenvalue weighted by Crippen LogP contribution is -2.35. The van der Waals surface area contributed by atoms with Crippen molar-refractivity contribution in [1.29, 1.82) is 0 Å². The molecular formula is C17H23N3O2. The summed E-state index contributed by atoms with van der Waals surface area (Å²) in [6, 6.07) is 11.2. The van der Waals surface area contributed by atoms with Gasteiger partial charge in [0, 0.05) is 19.8 Å². The third-order valence-electron chi connectivity index (χ3n) is 3.15. The van der Waals surface area contributed by atoms with Gasteiger partial charge in [0.25, 0.3) is 0 Å². The fourth-order valence-corrected chi connectivity index (χ4v) is 2.15. The van der Waals surface area contributed by atoms with Gasteiger partial charge in [-0.2, -0.15) is 5.10 Å². The van der Waals surface area contributed by atoms with Crippen molar-refractivity contribution in [3.63, 3.8) is 0 Å². The molecule has 1 atom stereocenters. The van der Waals surface area contributed by atoms with Crippen molar-refractivity contribution in [2.75, 3.05) is 0 Å². The van der Waals surface area contributed by atoms with Gasteiger partial charge in [-0.1, -0.05) is 30.3 Å². The van der Waals surface area contributed by atoms with Crippen LogP contribution in [0.5, 0.6) is 0 Å². The summed E-state index contributed by atoms with van der Waals surface area (Å²) in [4.78, 5) is 12.5. The van der Waals surface area contributed by atoms with Crippen LogP contribution in [0.2, 0.25) is 0 Å². The lowest BCUT2D eigenvalue weighted by molar-refractivity contribution is -0.158. The quantitative estimate of drug-likeness (QED) is 0.863. The zero-order valence-electron chi connectivity index (χ0n) is 13.5. The number of ether oxygens (including phenoxy) is 1. The molecule has 1 aromatic heterocycles. The third kappa shape index (κ3) is 4.43. The maximum absolute atomic E-state index is 12.5. The molecule has 0 aliphatic heterocycles. The van der Waals surface area contributed by atoms with Crippen LogP contribution >= 0.6 is 0 Å². The lowest BCUT2D eigenvalue weighted by Gasteiger charge is -2.24. The first-order valence-corrected chi connectivity index (χ1v) is 7.35. The van der Waals surface area contributed by atoms with Gasteiger partial charge in [-0.15, -0.1) is 0 Å². The van der Waals surface area contributed by atoms with Gasteiger partial charge in [0.1, 0.15) is 11.6 Å². The van der Waals surface area contributed by atoms with Gasteiger partial charge in [-0.05, 0) is 32.4 Å². The van der Waals surface area contributed by atoms with Gasteiger partial charge in [0.05, 0.1) is 5.69 Å². The minimum absolute atomic E-state index is 0.299. The van der Waals surface area contributed by atoms with Crippen LogP contribution in [0.3, 0.4) is 0 Å². The monoisotopic (exact) mass is 301 g/mol. The molecule has 0 amide bonds. The van der Waals surface area contributed by atoms with Crippen molar-refractivity contribution >= 4 is 5.97 Å². The highest BCUT2D eigenvalue weighted by molar-refractivity contribution is 5.77. The third-order valence-corrected chi connectivity index (χ3v) is 3.15. The van der Waals surface area contributed by atoms with Crippen molar-refractivity contribution in [1.82, 2.24) is 15.1 Å². The first-order chi connectivity index (χ1) is 10.4. The topological polar surface area (TPSA) is 56.2 Å². The smallest absolute Gasteiger partial charge is 0.329 e. The molecule has 0 spiro atoms. The first-order valence-electron chi connectivity index (χ1n) is 7.35. The Balaban J connectivity index is 2.15. The lowest BCUT2D eigenvalue weighted by atomic mass is 10.1. The van der Waals surface area contributed by atoms with Crippen molar-refractivity contribution in [3.05, 3.63) is 53.9 Å². The van der Waals surface area contributed by atoms with E-state index < -0.39 is 11.6 Å². The number of carbonyl (C=O) groups is 1. The van der Waals surface area contributed by atoms with Crippen molar-refractivity contribution in [2.24, 2.45) is 7.05 Å². The molecule has 0 fully saturated rings. The standard InChI is InChI=1S/C17H23N3O2/c1-17(2,3)22-16(21)15(14-10-11-19-20(14)4)18-12-13-8-6-5-7-9-13/h5-11,15,18H,12H2,1-4H3. The van der Waals surface area contributed by atoms with Crippen LogP contribution in [0, 0.1) is 0 Å². The number of aryl methyl sites for hydroxylation is 1. The molecule has 0 radical (unpaired) electrons. The van der Waals surface area contributed by atoms with Crippen molar-refractivity contribution in [2.45, 2.75) is 39.0 Å². The molecule has 1 N–H and O–H groups in total. The molecule has 0 saturated carbocycles. The number of benzene rings is 1. The zero-order valence-corrected chi connectivity index (χ0v) is 13.5. The normalized spacial score (nSPS) is 12.9. The van der Waals surface area contributed by atoms with Gasteiger partial charge in [0.2, 0.25) is 0 Å². The van der Waals surface area contributed by atoms with Crippen LogP contribution in [0.1, 0.15) is 38.1 Å². The van der Waals surface area contributed by atoms with Gasteiger partial charge in [-0.3, -0.25) is 10.00 Å². The van der Waals surface area contributed by atoms with E-state index in [2.05, 4.69) is 10.4 Å². The van der Waals surface area contributed by atoms with Gasteiger partial charge in [0.15, 0.2) is 0 Å². The molecule has 118 valence electrons. The molecule has 2 rings (SSSR count). The van der Waals surface area contributed by atoms with E-state index in [0.29, 0.717) is 6.54 Å². The van der Waals surface area contributed by atoms with Crippen LogP contribution < -0.4 is 5.32 Å². The Labute approximate surface area is 131 Å². The molecule has 0 saturated heterocycles. The van der Waals surface area contributed by atoms with Crippen molar-refractivity contribution in [3.8, 4) is 0 Å². The average molecular weight is 301 g/mol. The molecule has 5 heteroatoms. The van der Waals surface area contributed by atoms with E-state index >= 15 is 0 Å². The molecule has 1 heterocycles. The van der Waals surface area contributed by atoms with Crippen LogP contribution in [-0.4, -0.2) is 21.4 Å². The number of carbonyl (C=O) groups excluding carboxylic acids is 1. The Morgan fingerprint density at radius 3 is 2.50 bits per heavy atom. The first kappa shape index (κ1) is 16.2. The van der Waals surface area contributed by atoms with Crippen LogP contribution in [-0.2, 0) is 23.1 Å². The second kappa shape index (κ2) is 6.75. The van der Waals surface area contributed by atoms with E-state index in [-0.39, 0.29) is 5.97 Å². The van der Waals surface area contributed by atoms with Gasteiger partial charge < -0.3 is 4.74 Å². The highest BCUT2D eigenvalue weighted by Crippen LogP contribution is 2.18. The van der Waals surface area contributed by atoms with Crippen molar-refractivity contribution < 1.29 is 9.53 Å². The molecule has 1 unspecified atom stereocenters. The summed E-state index contributed by atoms with van der Waals surface area (Å²) < 4.78 is 7.21. The van der Waals surface area contributed by atoms with E-state index in [4.69, 9.17) is 4.74 Å². The molecule has 5 nitrogen and oxygen atoms in total. The van der Waals surface area contributed by atoms with Gasteiger partial charge in [-0.25, -0.2) is 4.79 Å². The molecular weight excluding hydrogens is 278 g/mol. The summed E-state index contributed by atoms with van der Waals surface area (Å²) in [5.41, 5.74) is 1.37. The van der Waals surface area contributed by atoms with E-state index in [1.54, 1.807) is 10.9 Å². The Morgan fingerprint density at radius 2 is 1.95 bits per heavy atom. The van der Waals surface area contributed by atoms with E-state index in [0.717, 1.165) is 11.3 Å². The minimum Gasteiger partial charge on any atom is -0.459 e. The Hall–Kier alpha value is -2.14. The largest absolute Gasteiger partial charge is 0.459 e. The number of nitrogens with one attached hydrogen (secondary N) is 1. The Kier molecular flexibility index (Phi) is 4.98. The molecule has 22 heavy (non-hydrogen) atoms. The number of nitrogens with zero attached hydrogens (tertiary/aromatic N) is 2. The second-order valence-electron chi connectivity index (χ2n) is 6.21. The summed E-state index contributed by atoms with van der Waals surface area (Å²) in [5, 5.41) is 7.41. The van der Waals surface area contributed by atoms with E-state index in [1.807, 2.05) is 64.2 Å². The van der Waals surface area contributed by atoms with E-state index in [1.165, 1.54) is 0 Å². The number of hydrogen-bond acceptors (Lipinski definition) is 4. The molecule has 2 aromatic rings. The van der Waals surface area contributed by atoms with Crippen LogP contribution in [0.15, 0.2) is 42.6 Å². The van der Waals surface area contributed by atoms with Crippen LogP contribution in [0.25, 0.3) is 0 Å². The Morgan fingerprint density at radius 1 is 1.27 bits per heavy atom. The second-order valence-corrected chi connectivity index (χ2v) is 6.21. The minimum atomic E-state index is -0.549. The van der Waals surface area contributed by atoms with Gasteiger partial charge >= 0.3 is 5.97 Å². The predicted octanol–water partition coefficient (Wildman–Crippen LogP) is 2.59. The Bertz CT molecular complexity index is 614. The number of rotatable bonds is 5. The SMILES string of the molecule is Cn1nccc1C(NCc1ccccc1)C(=O)OC(C)(C)C. The number of hydrogen-bond donors (Lipinski definition) is 1. The van der Waals surface area contributed by atoms with Crippen LogP contribution in [0.4, 0.5) is 0 Å². The summed E-state index contributed by atoms with van der Waals surface area (Å²) in [7, 11) is 1.82. The number of esters is 1. The average Bonchev–Trinajstić information content (AvgIpc) is 2.85. The maximum Gasteiger partial charge on any atom is 0.329 e. The summed E-state index contributed by atoms with van der Waals surface area (Å²) in [6.07, 6.45) is 1.68. The zero-order chi connectivity index (χ0) is 16.2. The molecule has 0 aliphatic rings. The fourth-order valence-electron chi connectivity index (χ4n) is 2.15. The summed E-state index contributed by atoms with van der Waals surface area (Å²) in [5.74, 6) is -0.299. The maximum atomic E-state index is 12.5. The summed E-state index contributed by atoms with van der Waals surface area (Å²) >= 11 is 0. The molecule has 0 bridgehead atoms. The molecule has 0 aliphatic carbocycles. The highest BCUT2D eigenvalue weighted by atomic mass is 16.6. The highest BCUT2D eigenvalue weighted by Gasteiger charge is 2.28. The fraction of sp³-hybridized carbons (Fsp3) is 0.412. The summed E-state index contributed by atoms with van der Waals surface area (Å²) in [6.45, 7) is 6.17. The predicted molar refractivity (Wildman–Crippen MR) is 85.1 cm³/mol. The van der Waals surface area contributed by atoms with E-state index in [9.17, 15) is 4.79 Å². The number of aromatic nitrogens is 2. The molecule has 1 aromatic carbocycles.